The minimum Gasteiger partial charge on any atom is -0.595 e. The van der Waals surface area contributed by atoms with E-state index in [2.05, 4.69) is 0 Å². The topological polar surface area (TPSA) is 139 Å². The van der Waals surface area contributed by atoms with Gasteiger partial charge in [-0.05, 0) is 26.3 Å². The van der Waals surface area contributed by atoms with E-state index in [1.165, 1.54) is 13.0 Å². The normalized spacial score (nSPS) is 16.3. The third kappa shape index (κ3) is 3.55. The quantitative estimate of drug-likeness (QED) is 0.295. The molecular formula is C14H20N2O7. The molecule has 0 aliphatic carbocycles. The van der Waals surface area contributed by atoms with Crippen LogP contribution in [0.25, 0.3) is 0 Å². The second-order valence-electron chi connectivity index (χ2n) is 4.91. The fourth-order valence-electron chi connectivity index (χ4n) is 2.51. The molecule has 0 heterocycles. The maximum atomic E-state index is 12.4. The molecule has 23 heavy (non-hydrogen) atoms. The smallest absolute Gasteiger partial charge is 0.324 e. The molecule has 1 aromatic carbocycles. The van der Waals surface area contributed by atoms with Crippen LogP contribution in [-0.4, -0.2) is 28.8 Å². The molecule has 1 rings (SSSR count). The van der Waals surface area contributed by atoms with Crippen molar-refractivity contribution < 1.29 is 35.2 Å². The molecule has 0 fully saturated rings. The van der Waals surface area contributed by atoms with Crippen LogP contribution in [0.4, 0.5) is 11.4 Å². The maximum absolute atomic E-state index is 12.4. The van der Waals surface area contributed by atoms with E-state index in [0.29, 0.717) is 0 Å². The lowest BCUT2D eigenvalue weighted by molar-refractivity contribution is -0.996. The average molecular weight is 328 g/mol. The van der Waals surface area contributed by atoms with Gasteiger partial charge in [-0.3, -0.25) is 9.59 Å². The van der Waals surface area contributed by atoms with E-state index in [1.54, 1.807) is 13.8 Å². The number of rotatable bonds is 7. The van der Waals surface area contributed by atoms with Crippen LogP contribution in [0, 0.1) is 10.4 Å². The van der Waals surface area contributed by atoms with Gasteiger partial charge in [0.2, 0.25) is 0 Å². The summed E-state index contributed by atoms with van der Waals surface area (Å²) >= 11 is 0. The van der Waals surface area contributed by atoms with Gasteiger partial charge in [0.15, 0.2) is 22.6 Å². The lowest BCUT2D eigenvalue weighted by Gasteiger charge is -2.30. The standard InChI is InChI=1S/C14H20N2O7/c1-4-14(9(3)17,13(18)23-5-2)11-7-6-10(15(19)20)8-12(11)16(21)22/h6-8,15-16,19,21H,4-5H2,1-3H3/t14-/m1/s1. The van der Waals surface area contributed by atoms with Crippen molar-refractivity contribution in [3.8, 4) is 0 Å². The summed E-state index contributed by atoms with van der Waals surface area (Å²) in [6, 6.07) is 3.29. The number of benzene rings is 1. The molecular weight excluding hydrogens is 308 g/mol. The lowest BCUT2D eigenvalue weighted by atomic mass is 9.74. The summed E-state index contributed by atoms with van der Waals surface area (Å²) < 4.78 is 4.96. The molecule has 1 aromatic rings. The molecule has 0 aromatic heterocycles. The van der Waals surface area contributed by atoms with Gasteiger partial charge in [0.05, 0.1) is 12.7 Å². The van der Waals surface area contributed by atoms with Gasteiger partial charge >= 0.3 is 5.97 Å². The fraction of sp³-hybridized carbons (Fsp3) is 0.429. The van der Waals surface area contributed by atoms with Crippen molar-refractivity contribution in [2.24, 2.45) is 0 Å². The summed E-state index contributed by atoms with van der Waals surface area (Å²) in [5, 5.41) is 38.2. The van der Waals surface area contributed by atoms with E-state index < -0.39 is 33.3 Å². The van der Waals surface area contributed by atoms with Gasteiger partial charge in [-0.1, -0.05) is 6.92 Å². The van der Waals surface area contributed by atoms with Crippen LogP contribution < -0.4 is 10.5 Å². The monoisotopic (exact) mass is 328 g/mol. The molecule has 0 saturated heterocycles. The zero-order chi connectivity index (χ0) is 17.8. The van der Waals surface area contributed by atoms with Crippen molar-refractivity contribution in [3.63, 3.8) is 0 Å². The summed E-state index contributed by atoms with van der Waals surface area (Å²) in [5.41, 5.74) is -2.50. The first-order valence-electron chi connectivity index (χ1n) is 7.01. The molecule has 128 valence electrons. The molecule has 0 bridgehead atoms. The zero-order valence-electron chi connectivity index (χ0n) is 13.1. The second kappa shape index (κ2) is 7.59. The molecule has 2 unspecified atom stereocenters. The Labute approximate surface area is 132 Å². The first-order valence-corrected chi connectivity index (χ1v) is 7.01. The number of nitrogens with one attached hydrogen (secondary N) is 2. The Bertz CT molecular complexity index is 588. The van der Waals surface area contributed by atoms with Gasteiger partial charge in [0, 0.05) is 11.6 Å². The van der Waals surface area contributed by atoms with Crippen molar-refractivity contribution in [1.82, 2.24) is 0 Å². The number of carbonyl (C=O) groups is 2. The minimum atomic E-state index is -1.78. The highest BCUT2D eigenvalue weighted by Gasteiger charge is 2.48. The number of hydrogen-bond acceptors (Lipinski definition) is 7. The van der Waals surface area contributed by atoms with Crippen LogP contribution in [0.15, 0.2) is 18.2 Å². The van der Waals surface area contributed by atoms with Crippen LogP contribution in [0.1, 0.15) is 32.8 Å². The maximum Gasteiger partial charge on any atom is 0.324 e. The SMILES string of the molecule is CCOC(=O)[C@](CC)(C(C)=O)c1ccc([NH+]([O-])O)cc1[NH+]([O-])O. The van der Waals surface area contributed by atoms with E-state index in [0.717, 1.165) is 12.1 Å². The van der Waals surface area contributed by atoms with Crippen molar-refractivity contribution in [2.45, 2.75) is 32.6 Å². The summed E-state index contributed by atoms with van der Waals surface area (Å²) in [7, 11) is 0. The van der Waals surface area contributed by atoms with Gasteiger partial charge in [-0.15, -0.1) is 0 Å². The van der Waals surface area contributed by atoms with Gasteiger partial charge in [0.25, 0.3) is 0 Å². The van der Waals surface area contributed by atoms with E-state index in [1.807, 2.05) is 0 Å². The van der Waals surface area contributed by atoms with E-state index >= 15 is 0 Å². The third-order valence-electron chi connectivity index (χ3n) is 3.71. The molecule has 9 nitrogen and oxygen atoms in total. The Morgan fingerprint density at radius 3 is 2.22 bits per heavy atom. The van der Waals surface area contributed by atoms with Crippen molar-refractivity contribution in [2.75, 3.05) is 6.61 Å². The number of ether oxygens (including phenoxy) is 1. The molecule has 0 aliphatic heterocycles. The second-order valence-corrected chi connectivity index (χ2v) is 4.91. The van der Waals surface area contributed by atoms with Gasteiger partial charge in [-0.25, -0.2) is 10.4 Å². The number of ketones is 1. The molecule has 0 aliphatic rings. The average Bonchev–Trinajstić information content (AvgIpc) is 2.48. The van der Waals surface area contributed by atoms with Crippen molar-refractivity contribution in [3.05, 3.63) is 34.2 Å². The van der Waals surface area contributed by atoms with Crippen LogP contribution in [0.3, 0.4) is 0 Å². The first-order chi connectivity index (χ1) is 10.7. The molecule has 0 radical (unpaired) electrons. The molecule has 0 spiro atoms. The predicted molar refractivity (Wildman–Crippen MR) is 77.3 cm³/mol. The Hall–Kier alpha value is -1.88. The Balaban J connectivity index is 3.65. The minimum absolute atomic E-state index is 0.00609. The first kappa shape index (κ1) is 19.2. The number of carbonyl (C=O) groups excluding carboxylic acids is 2. The number of esters is 1. The van der Waals surface area contributed by atoms with E-state index in [9.17, 15) is 25.2 Å². The van der Waals surface area contributed by atoms with Crippen LogP contribution >= 0.6 is 0 Å². The number of Topliss-reactive ketones (excluding diaryl/α,β-unsaturated/α-hetero) is 1. The van der Waals surface area contributed by atoms with Crippen molar-refractivity contribution >= 4 is 23.1 Å². The molecule has 9 heteroatoms. The Morgan fingerprint density at radius 2 is 1.83 bits per heavy atom. The van der Waals surface area contributed by atoms with Crippen LogP contribution in [0.2, 0.25) is 0 Å². The number of quaternary nitrogens is 2. The van der Waals surface area contributed by atoms with Gasteiger partial charge in [0.1, 0.15) is 0 Å². The van der Waals surface area contributed by atoms with Crippen LogP contribution in [-0.2, 0) is 19.7 Å². The summed E-state index contributed by atoms with van der Waals surface area (Å²) in [6.07, 6.45) is -0.00609. The Morgan fingerprint density at radius 1 is 1.22 bits per heavy atom. The van der Waals surface area contributed by atoms with Crippen LogP contribution in [0.5, 0.6) is 0 Å². The number of hydrogen-bond donors (Lipinski definition) is 4. The molecule has 4 N–H and O–H groups in total. The highest BCUT2D eigenvalue weighted by Crippen LogP contribution is 2.35. The van der Waals surface area contributed by atoms with Crippen molar-refractivity contribution in [1.29, 1.82) is 0 Å². The molecule has 0 amide bonds. The lowest BCUT2D eigenvalue weighted by Crippen LogP contribution is -3.01. The summed E-state index contributed by atoms with van der Waals surface area (Å²) in [5.74, 6) is -1.41. The predicted octanol–water partition coefficient (Wildman–Crippen LogP) is -0.707. The fourth-order valence-corrected chi connectivity index (χ4v) is 2.51. The van der Waals surface area contributed by atoms with E-state index in [4.69, 9.17) is 9.94 Å². The molecule has 0 saturated carbocycles. The largest absolute Gasteiger partial charge is 0.595 e. The summed E-state index contributed by atoms with van der Waals surface area (Å²) in [6.45, 7) is 4.35. The zero-order valence-corrected chi connectivity index (χ0v) is 13.1. The third-order valence-corrected chi connectivity index (χ3v) is 3.71. The highest BCUT2D eigenvalue weighted by atomic mass is 16.8. The van der Waals surface area contributed by atoms with Gasteiger partial charge < -0.3 is 15.2 Å². The Kier molecular flexibility index (Phi) is 6.33. The highest BCUT2D eigenvalue weighted by molar-refractivity contribution is 6.09. The molecule has 3 atom stereocenters. The summed E-state index contributed by atoms with van der Waals surface area (Å²) in [4.78, 5) is 24.6. The van der Waals surface area contributed by atoms with E-state index in [-0.39, 0.29) is 24.3 Å². The van der Waals surface area contributed by atoms with Gasteiger partial charge in [-0.2, -0.15) is 10.5 Å².